The monoisotopic (exact) mass is 613 g/mol. The molecule has 0 aliphatic carbocycles. The summed E-state index contributed by atoms with van der Waals surface area (Å²) in [6.45, 7) is 4.67. The first-order valence-electron chi connectivity index (χ1n) is 13.9. The van der Waals surface area contributed by atoms with E-state index in [1.807, 2.05) is 31.2 Å². The van der Waals surface area contributed by atoms with Crippen LogP contribution in [-0.4, -0.2) is 57.5 Å². The molecule has 9 nitrogen and oxygen atoms in total. The van der Waals surface area contributed by atoms with Crippen LogP contribution in [0.4, 0.5) is 18.9 Å². The van der Waals surface area contributed by atoms with Gasteiger partial charge in [-0.1, -0.05) is 30.3 Å². The predicted octanol–water partition coefficient (Wildman–Crippen LogP) is 5.14. The number of hydrogen-bond acceptors (Lipinski definition) is 6. The van der Waals surface area contributed by atoms with E-state index in [1.165, 1.54) is 16.6 Å². The summed E-state index contributed by atoms with van der Waals surface area (Å²) in [7, 11) is -3.83. The number of carbonyl (C=O) groups is 1. The van der Waals surface area contributed by atoms with E-state index in [0.29, 0.717) is 28.9 Å². The van der Waals surface area contributed by atoms with Crippen LogP contribution in [0.1, 0.15) is 58.8 Å². The van der Waals surface area contributed by atoms with Crippen LogP contribution in [0.3, 0.4) is 0 Å². The second kappa shape index (κ2) is 10.6. The van der Waals surface area contributed by atoms with Gasteiger partial charge in [-0.25, -0.2) is 8.42 Å². The topological polar surface area (TPSA) is 108 Å². The molecule has 13 heteroatoms. The molecule has 2 aromatic heterocycles. The molecule has 1 saturated heterocycles. The summed E-state index contributed by atoms with van der Waals surface area (Å²) in [4.78, 5) is 14.5. The number of anilines is 1. The lowest BCUT2D eigenvalue weighted by Crippen LogP contribution is -2.39. The Bertz CT molecular complexity index is 1840. The molecule has 1 fully saturated rings. The maximum Gasteiger partial charge on any atom is 0.452 e. The minimum absolute atomic E-state index is 0.0111. The van der Waals surface area contributed by atoms with E-state index in [4.69, 9.17) is 0 Å². The highest BCUT2D eigenvalue weighted by molar-refractivity contribution is 7.89. The second-order valence-corrected chi connectivity index (χ2v) is 13.1. The Labute approximate surface area is 246 Å². The summed E-state index contributed by atoms with van der Waals surface area (Å²) in [6.07, 6.45) is -1.98. The van der Waals surface area contributed by atoms with Crippen molar-refractivity contribution in [1.82, 2.24) is 18.9 Å². The number of alkyl halides is 3. The summed E-state index contributed by atoms with van der Waals surface area (Å²) in [6, 6.07) is 14.0. The number of benzene rings is 2. The van der Waals surface area contributed by atoms with Gasteiger partial charge in [-0.3, -0.25) is 9.20 Å². The zero-order valence-electron chi connectivity index (χ0n) is 23.5. The highest BCUT2D eigenvalue weighted by Crippen LogP contribution is 2.39. The van der Waals surface area contributed by atoms with E-state index < -0.39 is 33.9 Å². The van der Waals surface area contributed by atoms with Crippen LogP contribution < -0.4 is 4.90 Å². The maximum absolute atomic E-state index is 13.9. The number of rotatable bonds is 6. The van der Waals surface area contributed by atoms with Gasteiger partial charge < -0.3 is 10.0 Å². The van der Waals surface area contributed by atoms with Gasteiger partial charge in [0.2, 0.25) is 15.8 Å². The van der Waals surface area contributed by atoms with Crippen LogP contribution in [0.15, 0.2) is 59.6 Å². The second-order valence-electron chi connectivity index (χ2n) is 11.2. The van der Waals surface area contributed by atoms with E-state index in [1.54, 1.807) is 25.1 Å². The normalized spacial score (nSPS) is 19.2. The van der Waals surface area contributed by atoms with Crippen LogP contribution in [0, 0.1) is 13.8 Å². The van der Waals surface area contributed by atoms with Gasteiger partial charge in [0.05, 0.1) is 12.1 Å². The summed E-state index contributed by atoms with van der Waals surface area (Å²) in [5.74, 6) is -2.97. The molecule has 0 radical (unpaired) electrons. The van der Waals surface area contributed by atoms with Crippen molar-refractivity contribution >= 4 is 27.3 Å². The summed E-state index contributed by atoms with van der Waals surface area (Å²) >= 11 is 0. The van der Waals surface area contributed by atoms with E-state index in [0.717, 1.165) is 34.9 Å². The number of hydrogen-bond donors (Lipinski definition) is 1. The lowest BCUT2D eigenvalue weighted by Gasteiger charge is -2.27. The fourth-order valence-electron chi connectivity index (χ4n) is 6.40. The van der Waals surface area contributed by atoms with Crippen molar-refractivity contribution in [3.8, 4) is 0 Å². The van der Waals surface area contributed by atoms with Crippen LogP contribution in [-0.2, 0) is 27.5 Å². The Balaban J connectivity index is 1.40. The van der Waals surface area contributed by atoms with Gasteiger partial charge in [-0.05, 0) is 72.7 Å². The molecule has 2 atom stereocenters. The molecule has 2 aliphatic rings. The number of aliphatic carboxylic acids is 1. The number of carboxylic acids is 1. The Morgan fingerprint density at radius 1 is 1.12 bits per heavy atom. The first-order chi connectivity index (χ1) is 20.4. The predicted molar refractivity (Wildman–Crippen MR) is 152 cm³/mol. The largest absolute Gasteiger partial charge is 0.481 e. The van der Waals surface area contributed by atoms with Crippen molar-refractivity contribution in [2.45, 2.75) is 62.7 Å². The fraction of sp³-hybridized carbons (Fsp3) is 0.367. The van der Waals surface area contributed by atoms with Crippen molar-refractivity contribution in [3.63, 3.8) is 0 Å². The highest BCUT2D eigenvalue weighted by Gasteiger charge is 2.40. The van der Waals surface area contributed by atoms with Crippen LogP contribution >= 0.6 is 0 Å². The molecule has 6 rings (SSSR count). The van der Waals surface area contributed by atoms with Crippen molar-refractivity contribution in [3.05, 3.63) is 88.4 Å². The summed E-state index contributed by atoms with van der Waals surface area (Å²) in [5.41, 5.74) is 3.77. The van der Waals surface area contributed by atoms with Gasteiger partial charge in [0.1, 0.15) is 4.90 Å². The van der Waals surface area contributed by atoms with E-state index >= 15 is 0 Å². The molecule has 43 heavy (non-hydrogen) atoms. The number of halogens is 3. The average molecular weight is 614 g/mol. The molecule has 1 N–H and O–H groups in total. The molecule has 0 bridgehead atoms. The Morgan fingerprint density at radius 3 is 2.63 bits per heavy atom. The average Bonchev–Trinajstić information content (AvgIpc) is 3.59. The van der Waals surface area contributed by atoms with Crippen molar-refractivity contribution < 1.29 is 31.5 Å². The van der Waals surface area contributed by atoms with Gasteiger partial charge in [0.25, 0.3) is 0 Å². The van der Waals surface area contributed by atoms with E-state index in [2.05, 4.69) is 15.1 Å². The number of carboxylic acid groups (broad SMARTS) is 1. The van der Waals surface area contributed by atoms with Gasteiger partial charge in [0, 0.05) is 37.8 Å². The molecular weight excluding hydrogens is 583 g/mol. The lowest BCUT2D eigenvalue weighted by atomic mass is 9.85. The molecule has 4 heterocycles. The zero-order valence-corrected chi connectivity index (χ0v) is 24.4. The molecule has 0 unspecified atom stereocenters. The third kappa shape index (κ3) is 5.14. The Kier molecular flexibility index (Phi) is 7.20. The number of fused-ring (bicyclic) bond motifs is 4. The fourth-order valence-corrected chi connectivity index (χ4v) is 8.05. The Hall–Kier alpha value is -3.97. The molecule has 0 spiro atoms. The molecule has 4 aromatic rings. The van der Waals surface area contributed by atoms with E-state index in [9.17, 15) is 31.5 Å². The van der Waals surface area contributed by atoms with E-state index in [-0.39, 0.29) is 29.6 Å². The number of nitrogens with zero attached hydrogens (tertiary/aromatic N) is 5. The standard InChI is InChI=1S/C30H30F3N5O4S/c1-18-9-10-20(24(15-27(39)40)23-11-13-38-28(19(23)2)34-35-29(38)30(31,32)33)14-21(18)16-36-17-22-6-5-12-37(22)25-7-3-4-8-26(25)43(36,41)42/h3-4,7-11,13-14,22,24H,5-6,12,15-17H2,1-2H3,(H,39,40)/t22-,24+/m1/s1. The third-order valence-corrected chi connectivity index (χ3v) is 10.4. The smallest absolute Gasteiger partial charge is 0.452 e. The molecule has 2 aromatic carbocycles. The number of sulfonamides is 1. The van der Waals surface area contributed by atoms with Gasteiger partial charge in [0.15, 0.2) is 5.65 Å². The number of pyridine rings is 1. The first-order valence-corrected chi connectivity index (χ1v) is 15.4. The van der Waals surface area contributed by atoms with Gasteiger partial charge >= 0.3 is 12.1 Å². The highest BCUT2D eigenvalue weighted by atomic mass is 32.2. The van der Waals surface area contributed by atoms with Gasteiger partial charge in [-0.2, -0.15) is 17.5 Å². The summed E-state index contributed by atoms with van der Waals surface area (Å²) < 4.78 is 70.5. The lowest BCUT2D eigenvalue weighted by molar-refractivity contribution is -0.145. The van der Waals surface area contributed by atoms with Crippen molar-refractivity contribution in [2.75, 3.05) is 18.0 Å². The SMILES string of the molecule is Cc1ccc([C@H](CC(=O)O)c2ccn3c(C(F)(F)F)nnc3c2C)cc1CN1C[C@H]2CCCN2c2ccccc2S1(=O)=O. The maximum atomic E-state index is 13.9. The quantitative estimate of drug-likeness (QED) is 0.321. The summed E-state index contributed by atoms with van der Waals surface area (Å²) in [5, 5.41) is 16.9. The minimum atomic E-state index is -4.70. The molecule has 0 saturated carbocycles. The van der Waals surface area contributed by atoms with Crippen LogP contribution in [0.25, 0.3) is 5.65 Å². The first kappa shape index (κ1) is 29.1. The number of aryl methyl sites for hydroxylation is 2. The van der Waals surface area contributed by atoms with Crippen LogP contribution in [0.5, 0.6) is 0 Å². The van der Waals surface area contributed by atoms with Crippen molar-refractivity contribution in [2.24, 2.45) is 0 Å². The minimum Gasteiger partial charge on any atom is -0.481 e. The number of para-hydroxylation sites is 1. The third-order valence-electron chi connectivity index (χ3n) is 8.58. The Morgan fingerprint density at radius 2 is 1.88 bits per heavy atom. The molecule has 226 valence electrons. The van der Waals surface area contributed by atoms with Gasteiger partial charge in [-0.15, -0.1) is 10.2 Å². The molecule has 0 amide bonds. The number of aromatic nitrogens is 3. The zero-order chi connectivity index (χ0) is 30.7. The van der Waals surface area contributed by atoms with Crippen LogP contribution in [0.2, 0.25) is 0 Å². The van der Waals surface area contributed by atoms with Crippen molar-refractivity contribution in [1.29, 1.82) is 0 Å². The molecular formula is C30H30F3N5O4S. The molecule has 2 aliphatic heterocycles.